The van der Waals surface area contributed by atoms with E-state index in [0.29, 0.717) is 12.1 Å². The second-order valence-corrected chi connectivity index (χ2v) is 6.19. The molecule has 1 aliphatic rings. The van der Waals surface area contributed by atoms with Crippen LogP contribution < -0.4 is 5.32 Å². The van der Waals surface area contributed by atoms with Gasteiger partial charge >= 0.3 is 6.09 Å². The van der Waals surface area contributed by atoms with E-state index >= 15 is 0 Å². The van der Waals surface area contributed by atoms with Gasteiger partial charge in [0.1, 0.15) is 5.60 Å². The van der Waals surface area contributed by atoms with Crippen molar-refractivity contribution < 1.29 is 14.6 Å². The van der Waals surface area contributed by atoms with Crippen LogP contribution in [0.1, 0.15) is 39.2 Å². The van der Waals surface area contributed by atoms with Gasteiger partial charge in [0.25, 0.3) is 0 Å². The normalized spacial score (nSPS) is 16.8. The lowest BCUT2D eigenvalue weighted by molar-refractivity contribution is 0.0635. The largest absolute Gasteiger partial charge is 0.444 e. The lowest BCUT2D eigenvalue weighted by Crippen LogP contribution is -2.27. The minimum absolute atomic E-state index is 0.470. The predicted molar refractivity (Wildman–Crippen MR) is 74.2 cm³/mol. The van der Waals surface area contributed by atoms with Crippen LogP contribution in [-0.2, 0) is 11.2 Å². The third-order valence-electron chi connectivity index (χ3n) is 3.00. The summed E-state index contributed by atoms with van der Waals surface area (Å²) >= 11 is 0. The first-order valence-corrected chi connectivity index (χ1v) is 6.58. The number of nitrogens with one attached hydrogen (secondary N) is 1. The van der Waals surface area contributed by atoms with Gasteiger partial charge in [0.15, 0.2) is 0 Å². The standard InChI is InChI=1S/C15H21NO3/c1-14(2,3)19-13(17)16-12-7-5-4-6-11(12)10-15(18)8-9-15/h4-7,18H,8-10H2,1-3H3,(H,16,17). The predicted octanol–water partition coefficient (Wildman–Crippen LogP) is 3.10. The molecule has 19 heavy (non-hydrogen) atoms. The molecule has 4 nitrogen and oxygen atoms in total. The van der Waals surface area contributed by atoms with E-state index < -0.39 is 17.3 Å². The molecule has 4 heteroatoms. The van der Waals surface area contributed by atoms with Crippen molar-refractivity contribution in [2.75, 3.05) is 5.32 Å². The Hall–Kier alpha value is -1.55. The number of carbonyl (C=O) groups is 1. The summed E-state index contributed by atoms with van der Waals surface area (Å²) in [4.78, 5) is 11.8. The van der Waals surface area contributed by atoms with E-state index in [-0.39, 0.29) is 0 Å². The van der Waals surface area contributed by atoms with E-state index in [1.54, 1.807) is 0 Å². The number of para-hydroxylation sites is 1. The molecule has 0 heterocycles. The summed E-state index contributed by atoms with van der Waals surface area (Å²) in [5.41, 5.74) is 0.546. The number of hydrogen-bond acceptors (Lipinski definition) is 3. The Kier molecular flexibility index (Phi) is 3.54. The molecule has 0 aliphatic heterocycles. The minimum atomic E-state index is -0.578. The maximum atomic E-state index is 11.8. The number of rotatable bonds is 3. The number of aliphatic hydroxyl groups is 1. The van der Waals surface area contributed by atoms with Gasteiger partial charge in [0.2, 0.25) is 0 Å². The van der Waals surface area contributed by atoms with Gasteiger partial charge in [0.05, 0.1) is 5.60 Å². The van der Waals surface area contributed by atoms with Crippen LogP contribution in [0.25, 0.3) is 0 Å². The number of carbonyl (C=O) groups excluding carboxylic acids is 1. The average molecular weight is 263 g/mol. The Bertz CT molecular complexity index is 473. The molecule has 1 aromatic carbocycles. The van der Waals surface area contributed by atoms with Crippen LogP contribution in [0.2, 0.25) is 0 Å². The number of amides is 1. The Balaban J connectivity index is 2.05. The van der Waals surface area contributed by atoms with E-state index in [9.17, 15) is 9.90 Å². The molecule has 1 aliphatic carbocycles. The van der Waals surface area contributed by atoms with Crippen LogP contribution >= 0.6 is 0 Å². The van der Waals surface area contributed by atoms with Crippen LogP contribution in [0.15, 0.2) is 24.3 Å². The van der Waals surface area contributed by atoms with Crippen molar-refractivity contribution in [1.82, 2.24) is 0 Å². The lowest BCUT2D eigenvalue weighted by atomic mass is 10.0. The summed E-state index contributed by atoms with van der Waals surface area (Å²) in [7, 11) is 0. The molecule has 1 aromatic rings. The van der Waals surface area contributed by atoms with E-state index in [4.69, 9.17) is 4.74 Å². The van der Waals surface area contributed by atoms with E-state index in [1.807, 2.05) is 45.0 Å². The molecule has 0 bridgehead atoms. The van der Waals surface area contributed by atoms with E-state index in [0.717, 1.165) is 18.4 Å². The highest BCUT2D eigenvalue weighted by molar-refractivity contribution is 5.86. The molecule has 0 aromatic heterocycles. The molecule has 2 N–H and O–H groups in total. The van der Waals surface area contributed by atoms with Crippen molar-refractivity contribution >= 4 is 11.8 Å². The molecule has 0 unspecified atom stereocenters. The number of hydrogen-bond donors (Lipinski definition) is 2. The minimum Gasteiger partial charge on any atom is -0.444 e. The Morgan fingerprint density at radius 3 is 2.58 bits per heavy atom. The molecule has 0 spiro atoms. The molecule has 104 valence electrons. The van der Waals surface area contributed by atoms with Gasteiger partial charge in [-0.25, -0.2) is 4.79 Å². The van der Waals surface area contributed by atoms with Gasteiger partial charge in [-0.05, 0) is 45.2 Å². The first-order valence-electron chi connectivity index (χ1n) is 6.58. The topological polar surface area (TPSA) is 58.6 Å². The second kappa shape index (κ2) is 4.85. The third-order valence-corrected chi connectivity index (χ3v) is 3.00. The van der Waals surface area contributed by atoms with Gasteiger partial charge in [-0.3, -0.25) is 5.32 Å². The lowest BCUT2D eigenvalue weighted by Gasteiger charge is -2.20. The van der Waals surface area contributed by atoms with Crippen molar-refractivity contribution in [2.45, 2.75) is 51.2 Å². The first-order chi connectivity index (χ1) is 8.77. The zero-order valence-corrected chi connectivity index (χ0v) is 11.7. The fraction of sp³-hybridized carbons (Fsp3) is 0.533. The van der Waals surface area contributed by atoms with Crippen molar-refractivity contribution in [3.8, 4) is 0 Å². The summed E-state index contributed by atoms with van der Waals surface area (Å²) in [5.74, 6) is 0. The van der Waals surface area contributed by atoms with Crippen molar-refractivity contribution in [3.05, 3.63) is 29.8 Å². The van der Waals surface area contributed by atoms with Crippen molar-refractivity contribution in [3.63, 3.8) is 0 Å². The average Bonchev–Trinajstić information content (AvgIpc) is 2.96. The molecular weight excluding hydrogens is 242 g/mol. The van der Waals surface area contributed by atoms with Crippen LogP contribution in [0, 0.1) is 0 Å². The molecule has 2 rings (SSSR count). The summed E-state index contributed by atoms with van der Waals surface area (Å²) in [6, 6.07) is 7.50. The zero-order valence-electron chi connectivity index (χ0n) is 11.7. The quantitative estimate of drug-likeness (QED) is 0.881. The highest BCUT2D eigenvalue weighted by Crippen LogP contribution is 2.39. The molecule has 0 atom stereocenters. The second-order valence-electron chi connectivity index (χ2n) is 6.19. The SMILES string of the molecule is CC(C)(C)OC(=O)Nc1ccccc1CC1(O)CC1. The van der Waals surface area contributed by atoms with Crippen LogP contribution in [0.5, 0.6) is 0 Å². The smallest absolute Gasteiger partial charge is 0.412 e. The molecule has 1 saturated carbocycles. The van der Waals surface area contributed by atoms with Crippen molar-refractivity contribution in [2.24, 2.45) is 0 Å². The summed E-state index contributed by atoms with van der Waals surface area (Å²) in [6.07, 6.45) is 1.75. The van der Waals surface area contributed by atoms with Gasteiger partial charge in [-0.15, -0.1) is 0 Å². The summed E-state index contributed by atoms with van der Waals surface area (Å²) in [5, 5.41) is 12.7. The van der Waals surface area contributed by atoms with Gasteiger partial charge in [-0.1, -0.05) is 18.2 Å². The molecule has 1 amide bonds. The maximum Gasteiger partial charge on any atom is 0.412 e. The molecule has 0 saturated heterocycles. The number of benzene rings is 1. The fourth-order valence-corrected chi connectivity index (χ4v) is 1.89. The summed E-state index contributed by atoms with van der Waals surface area (Å²) in [6.45, 7) is 5.47. The van der Waals surface area contributed by atoms with E-state index in [1.165, 1.54) is 0 Å². The summed E-state index contributed by atoms with van der Waals surface area (Å²) < 4.78 is 5.23. The monoisotopic (exact) mass is 263 g/mol. The molecule has 1 fully saturated rings. The number of ether oxygens (including phenoxy) is 1. The van der Waals surface area contributed by atoms with E-state index in [2.05, 4.69) is 5.32 Å². The fourth-order valence-electron chi connectivity index (χ4n) is 1.89. The Labute approximate surface area is 113 Å². The highest BCUT2D eigenvalue weighted by Gasteiger charge is 2.40. The Morgan fingerprint density at radius 1 is 1.37 bits per heavy atom. The van der Waals surface area contributed by atoms with Gasteiger partial charge < -0.3 is 9.84 Å². The zero-order chi connectivity index (χ0) is 14.1. The van der Waals surface area contributed by atoms with Gasteiger partial charge in [-0.2, -0.15) is 0 Å². The molecular formula is C15H21NO3. The van der Waals surface area contributed by atoms with Crippen LogP contribution in [0.4, 0.5) is 10.5 Å². The number of anilines is 1. The van der Waals surface area contributed by atoms with Crippen LogP contribution in [0.3, 0.4) is 0 Å². The van der Waals surface area contributed by atoms with Crippen LogP contribution in [-0.4, -0.2) is 22.4 Å². The maximum absolute atomic E-state index is 11.8. The molecule has 0 radical (unpaired) electrons. The van der Waals surface area contributed by atoms with Gasteiger partial charge in [0, 0.05) is 12.1 Å². The first kappa shape index (κ1) is 13.9. The third kappa shape index (κ3) is 4.24. The Morgan fingerprint density at radius 2 is 2.00 bits per heavy atom. The van der Waals surface area contributed by atoms with Crippen molar-refractivity contribution in [1.29, 1.82) is 0 Å². The highest BCUT2D eigenvalue weighted by atomic mass is 16.6.